The van der Waals surface area contributed by atoms with Gasteiger partial charge in [-0.05, 0) is 60.9 Å². The normalized spacial score (nSPS) is 12.2. The summed E-state index contributed by atoms with van der Waals surface area (Å²) in [6.45, 7) is 1.65. The molecule has 12 nitrogen and oxygen atoms in total. The number of rotatable bonds is 8. The van der Waals surface area contributed by atoms with Gasteiger partial charge in [0, 0.05) is 12.6 Å². The number of hydrogen-bond donors (Lipinski definition) is 8. The molecule has 0 aliphatic heterocycles. The van der Waals surface area contributed by atoms with E-state index in [9.17, 15) is 50.8 Å². The number of nitriles is 2. The molecule has 12 heteroatoms. The average molecular weight is 494 g/mol. The van der Waals surface area contributed by atoms with Crippen LogP contribution in [0.3, 0.4) is 0 Å². The molecule has 0 aliphatic carbocycles. The molecule has 2 rings (SSSR count). The van der Waals surface area contributed by atoms with Crippen LogP contribution in [0.1, 0.15) is 24.5 Å². The molecule has 36 heavy (non-hydrogen) atoms. The Morgan fingerprint density at radius 2 is 1.19 bits per heavy atom. The van der Waals surface area contributed by atoms with Gasteiger partial charge in [-0.25, -0.2) is 0 Å². The van der Waals surface area contributed by atoms with E-state index in [2.05, 4.69) is 10.6 Å². The van der Waals surface area contributed by atoms with Crippen molar-refractivity contribution in [2.75, 3.05) is 6.54 Å². The van der Waals surface area contributed by atoms with E-state index in [-0.39, 0.29) is 35.2 Å². The number of benzene rings is 2. The molecular formula is C24H22N4O8. The third-order valence-corrected chi connectivity index (χ3v) is 4.78. The molecule has 0 saturated carbocycles. The highest BCUT2D eigenvalue weighted by Crippen LogP contribution is 2.36. The van der Waals surface area contributed by atoms with Gasteiger partial charge in [0.2, 0.25) is 0 Å². The third-order valence-electron chi connectivity index (χ3n) is 4.78. The van der Waals surface area contributed by atoms with E-state index in [1.54, 1.807) is 19.1 Å². The van der Waals surface area contributed by atoms with Crippen LogP contribution in [0.15, 0.2) is 35.4 Å². The standard InChI is InChI=1S/C24H22N4O8/c1-12(28-24(36)16(11-26)5-14-8-19(31)22(34)20(32)9-14)2-3-27-23(35)15(10-25)4-13-6-17(29)21(33)18(30)7-13/h4-9,12,29-34H,2-3H2,1H3,(H,27,35)(H,28,36). The van der Waals surface area contributed by atoms with Crippen molar-refractivity contribution in [1.29, 1.82) is 10.5 Å². The largest absolute Gasteiger partial charge is 0.504 e. The first-order valence-electron chi connectivity index (χ1n) is 10.3. The van der Waals surface area contributed by atoms with E-state index in [4.69, 9.17) is 0 Å². The van der Waals surface area contributed by atoms with Gasteiger partial charge in [-0.1, -0.05) is 0 Å². The summed E-state index contributed by atoms with van der Waals surface area (Å²) in [6, 6.07) is 7.09. The van der Waals surface area contributed by atoms with Gasteiger partial charge in [-0.2, -0.15) is 10.5 Å². The summed E-state index contributed by atoms with van der Waals surface area (Å²) >= 11 is 0. The predicted octanol–water partition coefficient (Wildman–Crippen LogP) is 1.45. The minimum absolute atomic E-state index is 0.0384. The molecule has 2 amide bonds. The summed E-state index contributed by atoms with van der Waals surface area (Å²) in [5.74, 6) is -5.51. The van der Waals surface area contributed by atoms with Gasteiger partial charge in [0.15, 0.2) is 34.5 Å². The van der Waals surface area contributed by atoms with Crippen LogP contribution in [-0.4, -0.2) is 55.0 Å². The van der Waals surface area contributed by atoms with Crippen molar-refractivity contribution < 1.29 is 40.2 Å². The second-order valence-electron chi connectivity index (χ2n) is 7.57. The quantitative estimate of drug-likeness (QED) is 0.150. The van der Waals surface area contributed by atoms with Gasteiger partial charge in [-0.15, -0.1) is 0 Å². The van der Waals surface area contributed by atoms with Gasteiger partial charge in [0.1, 0.15) is 23.3 Å². The molecule has 0 fully saturated rings. The Morgan fingerprint density at radius 1 is 0.806 bits per heavy atom. The summed E-state index contributed by atoms with van der Waals surface area (Å²) in [5, 5.41) is 80.5. The second-order valence-corrected chi connectivity index (χ2v) is 7.57. The topological polar surface area (TPSA) is 227 Å². The van der Waals surface area contributed by atoms with Crippen LogP contribution >= 0.6 is 0 Å². The molecule has 0 spiro atoms. The Kier molecular flexibility index (Phi) is 8.72. The zero-order chi connectivity index (χ0) is 27.0. The lowest BCUT2D eigenvalue weighted by Crippen LogP contribution is -2.36. The fourth-order valence-corrected chi connectivity index (χ4v) is 2.92. The molecule has 2 aromatic rings. The van der Waals surface area contributed by atoms with Crippen molar-refractivity contribution in [3.8, 4) is 46.6 Å². The van der Waals surface area contributed by atoms with Gasteiger partial charge >= 0.3 is 0 Å². The average Bonchev–Trinajstić information content (AvgIpc) is 2.82. The van der Waals surface area contributed by atoms with E-state index < -0.39 is 52.4 Å². The molecule has 2 aromatic carbocycles. The third kappa shape index (κ3) is 6.82. The summed E-state index contributed by atoms with van der Waals surface area (Å²) in [6.07, 6.45) is 2.42. The monoisotopic (exact) mass is 494 g/mol. The molecule has 0 aromatic heterocycles. The van der Waals surface area contributed by atoms with Crippen LogP contribution in [0.2, 0.25) is 0 Å². The first-order chi connectivity index (χ1) is 17.0. The number of amides is 2. The molecule has 1 atom stereocenters. The Balaban J connectivity index is 1.97. The summed E-state index contributed by atoms with van der Waals surface area (Å²) in [5.41, 5.74) is -0.488. The lowest BCUT2D eigenvalue weighted by atomic mass is 10.1. The molecule has 0 heterocycles. The molecular weight excluding hydrogens is 472 g/mol. The Bertz CT molecular complexity index is 1290. The number of nitrogens with zero attached hydrogens (tertiary/aromatic N) is 2. The van der Waals surface area contributed by atoms with Crippen molar-refractivity contribution in [3.63, 3.8) is 0 Å². The molecule has 1 unspecified atom stereocenters. The van der Waals surface area contributed by atoms with Crippen molar-refractivity contribution >= 4 is 24.0 Å². The molecule has 0 radical (unpaired) electrons. The summed E-state index contributed by atoms with van der Waals surface area (Å²) in [7, 11) is 0. The molecule has 0 saturated heterocycles. The number of carbonyl (C=O) groups is 2. The first kappa shape index (κ1) is 26.9. The van der Waals surface area contributed by atoms with Crippen LogP contribution < -0.4 is 10.6 Å². The summed E-state index contributed by atoms with van der Waals surface area (Å²) in [4.78, 5) is 24.7. The maximum Gasteiger partial charge on any atom is 0.262 e. The van der Waals surface area contributed by atoms with E-state index in [1.165, 1.54) is 0 Å². The molecule has 186 valence electrons. The van der Waals surface area contributed by atoms with Crippen LogP contribution in [0.4, 0.5) is 0 Å². The Labute approximate surface area is 204 Å². The fourth-order valence-electron chi connectivity index (χ4n) is 2.92. The highest BCUT2D eigenvalue weighted by Gasteiger charge is 2.16. The lowest BCUT2D eigenvalue weighted by molar-refractivity contribution is -0.117. The van der Waals surface area contributed by atoms with Crippen molar-refractivity contribution in [3.05, 3.63) is 46.5 Å². The minimum atomic E-state index is -0.757. The number of phenols is 6. The number of nitrogens with one attached hydrogen (secondary N) is 2. The number of hydrogen-bond acceptors (Lipinski definition) is 10. The number of carbonyl (C=O) groups excluding carboxylic acids is 2. The second kappa shape index (κ2) is 11.7. The van der Waals surface area contributed by atoms with Crippen molar-refractivity contribution in [2.45, 2.75) is 19.4 Å². The van der Waals surface area contributed by atoms with Gasteiger partial charge in [0.25, 0.3) is 11.8 Å². The van der Waals surface area contributed by atoms with Crippen LogP contribution in [-0.2, 0) is 9.59 Å². The SMILES string of the molecule is CC(CCNC(=O)C(C#N)=Cc1cc(O)c(O)c(O)c1)NC(=O)C(C#N)=Cc1cc(O)c(O)c(O)c1. The van der Waals surface area contributed by atoms with Gasteiger partial charge in [-0.3, -0.25) is 9.59 Å². The van der Waals surface area contributed by atoms with Crippen molar-refractivity contribution in [1.82, 2.24) is 10.6 Å². The zero-order valence-electron chi connectivity index (χ0n) is 18.8. The Hall–Kier alpha value is -5.36. The smallest absolute Gasteiger partial charge is 0.262 e. The van der Waals surface area contributed by atoms with Crippen LogP contribution in [0.5, 0.6) is 34.5 Å². The van der Waals surface area contributed by atoms with Gasteiger partial charge < -0.3 is 41.3 Å². The van der Waals surface area contributed by atoms with E-state index >= 15 is 0 Å². The van der Waals surface area contributed by atoms with Crippen LogP contribution in [0, 0.1) is 22.7 Å². The van der Waals surface area contributed by atoms with E-state index in [1.807, 2.05) is 0 Å². The number of phenolic OH excluding ortho intramolecular Hbond substituents is 6. The number of aromatic hydroxyl groups is 6. The molecule has 0 bridgehead atoms. The minimum Gasteiger partial charge on any atom is -0.504 e. The van der Waals surface area contributed by atoms with Gasteiger partial charge in [0.05, 0.1) is 0 Å². The lowest BCUT2D eigenvalue weighted by Gasteiger charge is -2.14. The zero-order valence-corrected chi connectivity index (χ0v) is 18.8. The molecule has 8 N–H and O–H groups in total. The van der Waals surface area contributed by atoms with Crippen molar-refractivity contribution in [2.24, 2.45) is 0 Å². The molecule has 0 aliphatic rings. The summed E-state index contributed by atoms with van der Waals surface area (Å²) < 4.78 is 0. The fraction of sp³-hybridized carbons (Fsp3) is 0.167. The van der Waals surface area contributed by atoms with Crippen LogP contribution in [0.25, 0.3) is 12.2 Å². The van der Waals surface area contributed by atoms with E-state index in [0.29, 0.717) is 0 Å². The maximum absolute atomic E-state index is 12.4. The Morgan fingerprint density at radius 3 is 1.58 bits per heavy atom. The highest BCUT2D eigenvalue weighted by atomic mass is 16.3. The highest BCUT2D eigenvalue weighted by molar-refractivity contribution is 6.02. The first-order valence-corrected chi connectivity index (χ1v) is 10.3. The van der Waals surface area contributed by atoms with E-state index in [0.717, 1.165) is 36.4 Å². The maximum atomic E-state index is 12.4. The predicted molar refractivity (Wildman–Crippen MR) is 125 cm³/mol.